The molecule has 1 aromatic carbocycles. The van der Waals surface area contributed by atoms with Crippen LogP contribution < -0.4 is 10.6 Å². The average Bonchev–Trinajstić information content (AvgIpc) is 2.81. The molecule has 1 fully saturated rings. The third-order valence-corrected chi connectivity index (χ3v) is 4.18. The average molecular weight is 298 g/mol. The Kier molecular flexibility index (Phi) is 4.83. The zero-order chi connectivity index (χ0) is 15.2. The van der Waals surface area contributed by atoms with E-state index in [2.05, 4.69) is 20.6 Å². The first kappa shape index (κ1) is 14.8. The number of benzene rings is 1. The maximum absolute atomic E-state index is 12.1. The highest BCUT2D eigenvalue weighted by Gasteiger charge is 2.14. The second kappa shape index (κ2) is 7.20. The van der Waals surface area contributed by atoms with Gasteiger partial charge in [0.1, 0.15) is 12.1 Å². The molecule has 0 atom stereocenters. The Morgan fingerprint density at radius 2 is 1.86 bits per heavy atom. The van der Waals surface area contributed by atoms with E-state index in [1.165, 1.54) is 32.0 Å². The summed E-state index contributed by atoms with van der Waals surface area (Å²) in [6, 6.07) is 8.12. The Morgan fingerprint density at radius 3 is 2.68 bits per heavy atom. The fourth-order valence-electron chi connectivity index (χ4n) is 3.01. The van der Waals surface area contributed by atoms with Crippen molar-refractivity contribution in [3.05, 3.63) is 30.6 Å². The lowest BCUT2D eigenvalue weighted by atomic mass is 10.1. The van der Waals surface area contributed by atoms with Gasteiger partial charge in [-0.25, -0.2) is 9.97 Å². The highest BCUT2D eigenvalue weighted by atomic mass is 16.1. The van der Waals surface area contributed by atoms with Gasteiger partial charge in [0.05, 0.1) is 12.1 Å². The predicted molar refractivity (Wildman–Crippen MR) is 87.7 cm³/mol. The molecular formula is C17H22N4O. The smallest absolute Gasteiger partial charge is 0.239 e. The number of para-hydroxylation sites is 1. The van der Waals surface area contributed by atoms with Crippen molar-refractivity contribution in [1.29, 1.82) is 0 Å². The molecule has 0 unspecified atom stereocenters. The lowest BCUT2D eigenvalue weighted by molar-refractivity contribution is -0.120. The highest BCUT2D eigenvalue weighted by Crippen LogP contribution is 2.19. The van der Waals surface area contributed by atoms with Crippen LogP contribution >= 0.6 is 0 Å². The number of hydrogen-bond donors (Lipinski definition) is 2. The molecule has 22 heavy (non-hydrogen) atoms. The maximum atomic E-state index is 12.1. The normalized spacial score (nSPS) is 16.2. The Labute approximate surface area is 130 Å². The zero-order valence-corrected chi connectivity index (χ0v) is 12.7. The molecule has 1 aliphatic rings. The molecule has 0 bridgehead atoms. The number of amides is 1. The van der Waals surface area contributed by atoms with Crippen molar-refractivity contribution in [1.82, 2.24) is 15.3 Å². The number of carbonyl (C=O) groups is 1. The third-order valence-electron chi connectivity index (χ3n) is 4.18. The van der Waals surface area contributed by atoms with Crippen molar-refractivity contribution in [2.75, 3.05) is 11.9 Å². The van der Waals surface area contributed by atoms with Crippen LogP contribution in [0.3, 0.4) is 0 Å². The second-order valence-electron chi connectivity index (χ2n) is 5.85. The lowest BCUT2D eigenvalue weighted by Crippen LogP contribution is -2.38. The summed E-state index contributed by atoms with van der Waals surface area (Å²) in [5.41, 5.74) is 0.879. The standard InChI is InChI=1S/C17H22N4O/c22-16(21-13-7-3-1-2-4-8-13)11-18-17-14-9-5-6-10-15(14)19-12-20-17/h5-6,9-10,12-13H,1-4,7-8,11H2,(H,21,22)(H,18,19,20). The molecular weight excluding hydrogens is 276 g/mol. The molecule has 1 heterocycles. The summed E-state index contributed by atoms with van der Waals surface area (Å²) >= 11 is 0. The van der Waals surface area contributed by atoms with Gasteiger partial charge in [0.25, 0.3) is 0 Å². The largest absolute Gasteiger partial charge is 0.360 e. The second-order valence-corrected chi connectivity index (χ2v) is 5.85. The Balaban J connectivity index is 1.58. The zero-order valence-electron chi connectivity index (χ0n) is 12.7. The van der Waals surface area contributed by atoms with Crippen LogP contribution in [0.5, 0.6) is 0 Å². The van der Waals surface area contributed by atoms with Crippen LogP contribution in [-0.4, -0.2) is 28.5 Å². The minimum Gasteiger partial charge on any atom is -0.360 e. The number of nitrogens with zero attached hydrogens (tertiary/aromatic N) is 2. The molecule has 1 amide bonds. The molecule has 2 aromatic rings. The summed E-state index contributed by atoms with van der Waals surface area (Å²) < 4.78 is 0. The van der Waals surface area contributed by atoms with Crippen LogP contribution in [0.2, 0.25) is 0 Å². The van der Waals surface area contributed by atoms with Crippen molar-refractivity contribution in [3.8, 4) is 0 Å². The fraction of sp³-hybridized carbons (Fsp3) is 0.471. The van der Waals surface area contributed by atoms with E-state index in [9.17, 15) is 4.79 Å². The summed E-state index contributed by atoms with van der Waals surface area (Å²) in [5.74, 6) is 0.746. The van der Waals surface area contributed by atoms with E-state index in [0.29, 0.717) is 11.9 Å². The first-order valence-electron chi connectivity index (χ1n) is 8.06. The van der Waals surface area contributed by atoms with Crippen LogP contribution in [0.25, 0.3) is 10.9 Å². The monoisotopic (exact) mass is 298 g/mol. The summed E-state index contributed by atoms with van der Waals surface area (Å²) in [6.45, 7) is 0.248. The molecule has 1 aliphatic carbocycles. The maximum Gasteiger partial charge on any atom is 0.239 e. The number of nitrogens with one attached hydrogen (secondary N) is 2. The van der Waals surface area contributed by atoms with E-state index in [1.807, 2.05) is 24.3 Å². The summed E-state index contributed by atoms with van der Waals surface area (Å²) in [5, 5.41) is 7.20. The van der Waals surface area contributed by atoms with E-state index >= 15 is 0 Å². The van der Waals surface area contributed by atoms with Gasteiger partial charge in [-0.2, -0.15) is 0 Å². The van der Waals surface area contributed by atoms with Crippen molar-refractivity contribution in [3.63, 3.8) is 0 Å². The van der Waals surface area contributed by atoms with E-state index in [4.69, 9.17) is 0 Å². The topological polar surface area (TPSA) is 66.9 Å². The number of fused-ring (bicyclic) bond motifs is 1. The molecule has 2 N–H and O–H groups in total. The van der Waals surface area contributed by atoms with Crippen molar-refractivity contribution < 1.29 is 4.79 Å². The first-order chi connectivity index (χ1) is 10.8. The number of hydrogen-bond acceptors (Lipinski definition) is 4. The summed E-state index contributed by atoms with van der Waals surface area (Å²) in [7, 11) is 0. The number of aromatic nitrogens is 2. The molecule has 5 heteroatoms. The van der Waals surface area contributed by atoms with Crippen LogP contribution in [0, 0.1) is 0 Å². The molecule has 1 aromatic heterocycles. The Morgan fingerprint density at radius 1 is 1.09 bits per heavy atom. The van der Waals surface area contributed by atoms with Crippen LogP contribution in [0.1, 0.15) is 38.5 Å². The van der Waals surface area contributed by atoms with Gasteiger partial charge in [-0.3, -0.25) is 4.79 Å². The third kappa shape index (κ3) is 3.72. The van der Waals surface area contributed by atoms with E-state index in [0.717, 1.165) is 23.7 Å². The van der Waals surface area contributed by atoms with Gasteiger partial charge in [0.15, 0.2) is 0 Å². The molecule has 0 spiro atoms. The Hall–Kier alpha value is -2.17. The molecule has 3 rings (SSSR count). The van der Waals surface area contributed by atoms with Gasteiger partial charge < -0.3 is 10.6 Å². The number of anilines is 1. The molecule has 116 valence electrons. The Bertz CT molecular complexity index is 630. The van der Waals surface area contributed by atoms with Gasteiger partial charge in [-0.05, 0) is 25.0 Å². The molecule has 0 saturated heterocycles. The van der Waals surface area contributed by atoms with Gasteiger partial charge in [0.2, 0.25) is 5.91 Å². The fourth-order valence-corrected chi connectivity index (χ4v) is 3.01. The molecule has 0 radical (unpaired) electrons. The number of rotatable bonds is 4. The SMILES string of the molecule is O=C(CNc1ncnc2ccccc12)NC1CCCCCC1. The first-order valence-corrected chi connectivity index (χ1v) is 8.06. The van der Waals surface area contributed by atoms with Gasteiger partial charge >= 0.3 is 0 Å². The van der Waals surface area contributed by atoms with E-state index in [1.54, 1.807) is 0 Å². The van der Waals surface area contributed by atoms with Gasteiger partial charge in [-0.15, -0.1) is 0 Å². The minimum absolute atomic E-state index is 0.0367. The van der Waals surface area contributed by atoms with Gasteiger partial charge in [-0.1, -0.05) is 37.8 Å². The van der Waals surface area contributed by atoms with Crippen LogP contribution in [0.4, 0.5) is 5.82 Å². The molecule has 5 nitrogen and oxygen atoms in total. The van der Waals surface area contributed by atoms with Crippen molar-refractivity contribution >= 4 is 22.6 Å². The molecule has 0 aliphatic heterocycles. The number of carbonyl (C=O) groups excluding carboxylic acids is 1. The molecule has 1 saturated carbocycles. The summed E-state index contributed by atoms with van der Waals surface area (Å²) in [4.78, 5) is 20.6. The van der Waals surface area contributed by atoms with Crippen molar-refractivity contribution in [2.24, 2.45) is 0 Å². The minimum atomic E-state index is 0.0367. The quantitative estimate of drug-likeness (QED) is 0.852. The lowest BCUT2D eigenvalue weighted by Gasteiger charge is -2.16. The van der Waals surface area contributed by atoms with Crippen molar-refractivity contribution in [2.45, 2.75) is 44.6 Å². The van der Waals surface area contributed by atoms with Crippen LogP contribution in [0.15, 0.2) is 30.6 Å². The highest BCUT2D eigenvalue weighted by molar-refractivity contribution is 5.90. The summed E-state index contributed by atoms with van der Waals surface area (Å²) in [6.07, 6.45) is 8.73. The predicted octanol–water partition coefficient (Wildman–Crippen LogP) is 2.88. The van der Waals surface area contributed by atoms with E-state index in [-0.39, 0.29) is 12.5 Å². The van der Waals surface area contributed by atoms with Crippen LogP contribution in [-0.2, 0) is 4.79 Å². The van der Waals surface area contributed by atoms with Gasteiger partial charge in [0, 0.05) is 11.4 Å². The van der Waals surface area contributed by atoms with E-state index < -0.39 is 0 Å².